The molecule has 0 aliphatic carbocycles. The first kappa shape index (κ1) is 19.4. The van der Waals surface area contributed by atoms with Crippen LogP contribution in [0.25, 0.3) is 0 Å². The number of benzene rings is 1. The molecule has 27 heavy (non-hydrogen) atoms. The van der Waals surface area contributed by atoms with E-state index < -0.39 is 20.2 Å². The Morgan fingerprint density at radius 1 is 1.11 bits per heavy atom. The van der Waals surface area contributed by atoms with E-state index >= 15 is 0 Å². The highest BCUT2D eigenvalue weighted by Gasteiger charge is 2.47. The van der Waals surface area contributed by atoms with Gasteiger partial charge in [-0.3, -0.25) is 0 Å². The zero-order chi connectivity index (χ0) is 19.5. The minimum absolute atomic E-state index is 0.105. The van der Waals surface area contributed by atoms with E-state index in [1.165, 1.54) is 18.2 Å². The molecule has 2 aromatic rings. The fraction of sp³-hybridized carbons (Fsp3) is 0.353. The molecule has 0 bridgehead atoms. The Labute approximate surface area is 154 Å². The molecular weight excluding hydrogens is 383 g/mol. The smallest absolute Gasteiger partial charge is 0.380 e. The molecule has 1 saturated heterocycles. The molecule has 6 nitrogen and oxygen atoms in total. The summed E-state index contributed by atoms with van der Waals surface area (Å²) in [6, 6.07) is 8.50. The zero-order valence-corrected chi connectivity index (χ0v) is 15.1. The summed E-state index contributed by atoms with van der Waals surface area (Å²) in [6.45, 7) is 2.57. The second kappa shape index (κ2) is 7.73. The molecule has 10 heteroatoms. The van der Waals surface area contributed by atoms with Gasteiger partial charge in [-0.05, 0) is 18.2 Å². The molecule has 1 aliphatic heterocycles. The topological polar surface area (TPSA) is 71.5 Å². The van der Waals surface area contributed by atoms with Gasteiger partial charge in [0, 0.05) is 31.4 Å². The Hall–Kier alpha value is -2.33. The average molecular weight is 401 g/mol. The van der Waals surface area contributed by atoms with Gasteiger partial charge in [0.05, 0.1) is 23.8 Å². The summed E-state index contributed by atoms with van der Waals surface area (Å²) in [5, 5.41) is 2.81. The monoisotopic (exact) mass is 401 g/mol. The minimum Gasteiger partial charge on any atom is -0.380 e. The van der Waals surface area contributed by atoms with Crippen LogP contribution < -0.4 is 10.2 Å². The van der Waals surface area contributed by atoms with E-state index in [1.54, 1.807) is 18.3 Å². The molecule has 1 aliphatic rings. The van der Waals surface area contributed by atoms with Gasteiger partial charge in [0.25, 0.3) is 9.84 Å². The lowest BCUT2D eigenvalue weighted by Gasteiger charge is -2.29. The van der Waals surface area contributed by atoms with E-state index in [0.717, 1.165) is 11.6 Å². The molecule has 0 unspecified atom stereocenters. The summed E-state index contributed by atoms with van der Waals surface area (Å²) in [5.41, 5.74) is -4.72. The lowest BCUT2D eigenvalue weighted by Crippen LogP contribution is -2.37. The molecule has 2 heterocycles. The highest BCUT2D eigenvalue weighted by molar-refractivity contribution is 7.92. The Kier molecular flexibility index (Phi) is 5.56. The number of morpholine rings is 1. The molecule has 0 atom stereocenters. The van der Waals surface area contributed by atoms with E-state index in [4.69, 9.17) is 4.74 Å². The van der Waals surface area contributed by atoms with Crippen LogP contribution in [0.1, 0.15) is 5.56 Å². The quantitative estimate of drug-likeness (QED) is 0.831. The summed E-state index contributed by atoms with van der Waals surface area (Å²) in [6.07, 6.45) is 1.64. The molecular formula is C17H18F3N3O3S. The highest BCUT2D eigenvalue weighted by Crippen LogP contribution is 2.34. The van der Waals surface area contributed by atoms with Crippen molar-refractivity contribution in [1.82, 2.24) is 4.98 Å². The lowest BCUT2D eigenvalue weighted by atomic mass is 10.2. The summed E-state index contributed by atoms with van der Waals surface area (Å²) in [7, 11) is -5.45. The van der Waals surface area contributed by atoms with Crippen molar-refractivity contribution >= 4 is 21.3 Å². The van der Waals surface area contributed by atoms with Crippen molar-refractivity contribution in [1.29, 1.82) is 0 Å². The zero-order valence-electron chi connectivity index (χ0n) is 14.2. The van der Waals surface area contributed by atoms with Crippen LogP contribution in [0.15, 0.2) is 47.5 Å². The fourth-order valence-corrected chi connectivity index (χ4v) is 3.73. The van der Waals surface area contributed by atoms with Crippen LogP contribution in [-0.4, -0.2) is 45.2 Å². The number of hydrogen-bond acceptors (Lipinski definition) is 6. The third kappa shape index (κ3) is 4.16. The number of aromatic nitrogens is 1. The van der Waals surface area contributed by atoms with Gasteiger partial charge in [0.15, 0.2) is 0 Å². The van der Waals surface area contributed by atoms with Gasteiger partial charge in [-0.1, -0.05) is 18.2 Å². The molecule has 0 amide bonds. The molecule has 0 spiro atoms. The SMILES string of the molecule is O=S(=O)(c1ccccc1NCc1cccnc1N1CCOCC1)C(F)(F)F. The third-order valence-corrected chi connectivity index (χ3v) is 5.67. The van der Waals surface area contributed by atoms with Crippen molar-refractivity contribution in [2.24, 2.45) is 0 Å². The van der Waals surface area contributed by atoms with Crippen molar-refractivity contribution in [3.63, 3.8) is 0 Å². The number of rotatable bonds is 5. The van der Waals surface area contributed by atoms with Crippen molar-refractivity contribution in [2.45, 2.75) is 16.9 Å². The van der Waals surface area contributed by atoms with Gasteiger partial charge in [-0.2, -0.15) is 13.2 Å². The predicted octanol–water partition coefficient (Wildman–Crippen LogP) is 2.82. The molecule has 0 saturated carbocycles. The highest BCUT2D eigenvalue weighted by atomic mass is 32.2. The number of hydrogen-bond donors (Lipinski definition) is 1. The van der Waals surface area contributed by atoms with Crippen molar-refractivity contribution < 1.29 is 26.3 Å². The van der Waals surface area contributed by atoms with Gasteiger partial charge in [-0.25, -0.2) is 13.4 Å². The molecule has 1 aromatic carbocycles. The number of ether oxygens (including phenoxy) is 1. The number of nitrogens with zero attached hydrogens (tertiary/aromatic N) is 2. The van der Waals surface area contributed by atoms with Crippen LogP contribution in [0.5, 0.6) is 0 Å². The Balaban J connectivity index is 1.85. The van der Waals surface area contributed by atoms with E-state index in [-0.39, 0.29) is 12.2 Å². The third-order valence-electron chi connectivity index (χ3n) is 4.13. The second-order valence-electron chi connectivity index (χ2n) is 5.88. The fourth-order valence-electron chi connectivity index (χ4n) is 2.79. The van der Waals surface area contributed by atoms with Gasteiger partial charge < -0.3 is 15.0 Å². The number of sulfone groups is 1. The Morgan fingerprint density at radius 3 is 2.52 bits per heavy atom. The van der Waals surface area contributed by atoms with E-state index in [1.807, 2.05) is 4.90 Å². The van der Waals surface area contributed by atoms with Crippen molar-refractivity contribution in [2.75, 3.05) is 36.5 Å². The average Bonchev–Trinajstić information content (AvgIpc) is 2.66. The van der Waals surface area contributed by atoms with Gasteiger partial charge in [-0.15, -0.1) is 0 Å². The Morgan fingerprint density at radius 2 is 1.81 bits per heavy atom. The van der Waals surface area contributed by atoms with Crippen molar-refractivity contribution in [3.8, 4) is 0 Å². The van der Waals surface area contributed by atoms with Crippen LogP contribution in [0.4, 0.5) is 24.7 Å². The number of para-hydroxylation sites is 1. The normalized spacial score (nSPS) is 15.6. The van der Waals surface area contributed by atoms with Crippen molar-refractivity contribution in [3.05, 3.63) is 48.2 Å². The number of anilines is 2. The molecule has 3 rings (SSSR count). The summed E-state index contributed by atoms with van der Waals surface area (Å²) in [5.74, 6) is 0.699. The van der Waals surface area contributed by atoms with Gasteiger partial charge in [0.2, 0.25) is 0 Å². The molecule has 146 valence electrons. The maximum atomic E-state index is 12.9. The van der Waals surface area contributed by atoms with Crippen LogP contribution in [0.2, 0.25) is 0 Å². The van der Waals surface area contributed by atoms with Crippen LogP contribution >= 0.6 is 0 Å². The standard InChI is InChI=1S/C17H18F3N3O3S/c18-17(19,20)27(24,25)15-6-2-1-5-14(15)22-12-13-4-3-7-21-16(13)23-8-10-26-11-9-23/h1-7,22H,8-12H2. The maximum absolute atomic E-state index is 12.9. The number of halogens is 3. The summed E-state index contributed by atoms with van der Waals surface area (Å²) < 4.78 is 67.7. The summed E-state index contributed by atoms with van der Waals surface area (Å²) in [4.78, 5) is 5.59. The maximum Gasteiger partial charge on any atom is 0.501 e. The number of alkyl halides is 3. The first-order valence-corrected chi connectivity index (χ1v) is 9.70. The van der Waals surface area contributed by atoms with E-state index in [9.17, 15) is 21.6 Å². The predicted molar refractivity (Wildman–Crippen MR) is 94.3 cm³/mol. The molecule has 1 aromatic heterocycles. The van der Waals surface area contributed by atoms with E-state index in [2.05, 4.69) is 10.3 Å². The van der Waals surface area contributed by atoms with Gasteiger partial charge in [0.1, 0.15) is 5.82 Å². The van der Waals surface area contributed by atoms with Gasteiger partial charge >= 0.3 is 5.51 Å². The second-order valence-corrected chi connectivity index (χ2v) is 7.79. The van der Waals surface area contributed by atoms with Crippen LogP contribution in [-0.2, 0) is 21.1 Å². The largest absolute Gasteiger partial charge is 0.501 e. The first-order valence-electron chi connectivity index (χ1n) is 8.21. The number of nitrogens with one attached hydrogen (secondary N) is 1. The molecule has 1 fully saturated rings. The number of pyridine rings is 1. The molecule has 0 radical (unpaired) electrons. The van der Waals surface area contributed by atoms with Crippen LogP contribution in [0, 0.1) is 0 Å². The minimum atomic E-state index is -5.45. The van der Waals surface area contributed by atoms with E-state index in [0.29, 0.717) is 32.1 Å². The Bertz CT molecular complexity index is 898. The lowest BCUT2D eigenvalue weighted by molar-refractivity contribution is -0.0435. The first-order chi connectivity index (χ1) is 12.8. The van der Waals surface area contributed by atoms with Crippen LogP contribution in [0.3, 0.4) is 0 Å². The molecule has 1 N–H and O–H groups in total. The summed E-state index contributed by atoms with van der Waals surface area (Å²) >= 11 is 0.